The molecule has 3 aromatic rings. The van der Waals surface area contributed by atoms with Crippen LogP contribution < -0.4 is 0 Å². The summed E-state index contributed by atoms with van der Waals surface area (Å²) in [6.07, 6.45) is 2.27. The SMILES string of the molecule is CCCC(=O)c1cc2cc(Cc3ccccc3)ccc2o1. The van der Waals surface area contributed by atoms with Crippen LogP contribution in [0.2, 0.25) is 0 Å². The first-order valence-corrected chi connectivity index (χ1v) is 7.36. The zero-order valence-electron chi connectivity index (χ0n) is 12.1. The van der Waals surface area contributed by atoms with Crippen LogP contribution in [-0.4, -0.2) is 5.78 Å². The molecule has 0 aliphatic heterocycles. The molecular formula is C19H18O2. The number of benzene rings is 2. The van der Waals surface area contributed by atoms with Gasteiger partial charge in [-0.1, -0.05) is 43.3 Å². The van der Waals surface area contributed by atoms with Gasteiger partial charge in [-0.05, 0) is 42.2 Å². The maximum Gasteiger partial charge on any atom is 0.198 e. The fourth-order valence-electron chi connectivity index (χ4n) is 2.52. The van der Waals surface area contributed by atoms with Crippen molar-refractivity contribution in [3.05, 3.63) is 71.5 Å². The molecule has 0 aliphatic carbocycles. The smallest absolute Gasteiger partial charge is 0.198 e. The van der Waals surface area contributed by atoms with Crippen molar-refractivity contribution in [3.8, 4) is 0 Å². The van der Waals surface area contributed by atoms with E-state index < -0.39 is 0 Å². The Morgan fingerprint density at radius 1 is 1.00 bits per heavy atom. The molecule has 21 heavy (non-hydrogen) atoms. The van der Waals surface area contributed by atoms with Gasteiger partial charge in [-0.2, -0.15) is 0 Å². The molecule has 2 aromatic carbocycles. The summed E-state index contributed by atoms with van der Waals surface area (Å²) in [5.41, 5.74) is 3.29. The summed E-state index contributed by atoms with van der Waals surface area (Å²) in [5.74, 6) is 0.557. The molecule has 0 amide bonds. The van der Waals surface area contributed by atoms with Gasteiger partial charge in [0.15, 0.2) is 11.5 Å². The van der Waals surface area contributed by atoms with Gasteiger partial charge in [0, 0.05) is 11.8 Å². The number of Topliss-reactive ketones (excluding diaryl/α,β-unsaturated/α-hetero) is 1. The summed E-state index contributed by atoms with van der Waals surface area (Å²) in [6, 6.07) is 18.3. The molecule has 1 heterocycles. The summed E-state index contributed by atoms with van der Waals surface area (Å²) in [5, 5.41) is 1.00. The van der Waals surface area contributed by atoms with Gasteiger partial charge >= 0.3 is 0 Å². The maximum atomic E-state index is 11.9. The van der Waals surface area contributed by atoms with Gasteiger partial charge in [-0.3, -0.25) is 4.79 Å². The molecule has 2 nitrogen and oxygen atoms in total. The molecule has 0 unspecified atom stereocenters. The van der Waals surface area contributed by atoms with Crippen LogP contribution in [0.15, 0.2) is 59.0 Å². The highest BCUT2D eigenvalue weighted by Gasteiger charge is 2.11. The second kappa shape index (κ2) is 5.96. The lowest BCUT2D eigenvalue weighted by Gasteiger charge is -2.01. The van der Waals surface area contributed by atoms with Crippen LogP contribution in [0, 0.1) is 0 Å². The van der Waals surface area contributed by atoms with Crippen molar-refractivity contribution in [1.82, 2.24) is 0 Å². The molecule has 2 heteroatoms. The van der Waals surface area contributed by atoms with E-state index in [0.717, 1.165) is 23.8 Å². The number of fused-ring (bicyclic) bond motifs is 1. The van der Waals surface area contributed by atoms with Gasteiger partial charge in [0.05, 0.1) is 0 Å². The van der Waals surface area contributed by atoms with Crippen LogP contribution in [0.3, 0.4) is 0 Å². The van der Waals surface area contributed by atoms with Crippen LogP contribution in [0.5, 0.6) is 0 Å². The number of ketones is 1. The highest BCUT2D eigenvalue weighted by Crippen LogP contribution is 2.23. The fourth-order valence-corrected chi connectivity index (χ4v) is 2.52. The van der Waals surface area contributed by atoms with Crippen LogP contribution in [-0.2, 0) is 6.42 Å². The van der Waals surface area contributed by atoms with Crippen LogP contribution in [0.1, 0.15) is 41.4 Å². The predicted molar refractivity (Wildman–Crippen MR) is 84.7 cm³/mol. The monoisotopic (exact) mass is 278 g/mol. The first kappa shape index (κ1) is 13.6. The Labute approximate surface area is 124 Å². The van der Waals surface area contributed by atoms with Gasteiger partial charge in [-0.25, -0.2) is 0 Å². The molecule has 0 aliphatic rings. The summed E-state index contributed by atoms with van der Waals surface area (Å²) in [7, 11) is 0. The summed E-state index contributed by atoms with van der Waals surface area (Å²) in [6.45, 7) is 2.00. The lowest BCUT2D eigenvalue weighted by Crippen LogP contribution is -1.94. The van der Waals surface area contributed by atoms with Crippen LogP contribution in [0.25, 0.3) is 11.0 Å². The van der Waals surface area contributed by atoms with E-state index in [4.69, 9.17) is 4.42 Å². The maximum absolute atomic E-state index is 11.9. The minimum absolute atomic E-state index is 0.0818. The summed E-state index contributed by atoms with van der Waals surface area (Å²) >= 11 is 0. The number of rotatable bonds is 5. The van der Waals surface area contributed by atoms with Crippen molar-refractivity contribution in [2.75, 3.05) is 0 Å². The molecule has 0 N–H and O–H groups in total. The van der Waals surface area contributed by atoms with Crippen LogP contribution in [0.4, 0.5) is 0 Å². The highest BCUT2D eigenvalue weighted by atomic mass is 16.3. The molecule has 0 bridgehead atoms. The second-order valence-corrected chi connectivity index (χ2v) is 5.32. The Morgan fingerprint density at radius 3 is 2.57 bits per heavy atom. The summed E-state index contributed by atoms with van der Waals surface area (Å²) < 4.78 is 5.64. The van der Waals surface area contributed by atoms with Gasteiger partial charge in [0.1, 0.15) is 5.58 Å². The number of carbonyl (C=O) groups excluding carboxylic acids is 1. The third kappa shape index (κ3) is 3.05. The van der Waals surface area contributed by atoms with E-state index in [9.17, 15) is 4.79 Å². The summed E-state index contributed by atoms with van der Waals surface area (Å²) in [4.78, 5) is 11.9. The first-order chi connectivity index (χ1) is 10.3. The minimum atomic E-state index is 0.0818. The topological polar surface area (TPSA) is 30.2 Å². The van der Waals surface area contributed by atoms with Crippen LogP contribution >= 0.6 is 0 Å². The van der Waals surface area contributed by atoms with Crippen molar-refractivity contribution in [3.63, 3.8) is 0 Å². The van der Waals surface area contributed by atoms with E-state index >= 15 is 0 Å². The first-order valence-electron chi connectivity index (χ1n) is 7.36. The van der Waals surface area contributed by atoms with E-state index in [2.05, 4.69) is 24.3 Å². The number of furan rings is 1. The Kier molecular flexibility index (Phi) is 3.87. The minimum Gasteiger partial charge on any atom is -0.453 e. The molecular weight excluding hydrogens is 260 g/mol. The van der Waals surface area contributed by atoms with Crippen molar-refractivity contribution < 1.29 is 9.21 Å². The number of carbonyl (C=O) groups is 1. The standard InChI is InChI=1S/C19H18O2/c1-2-6-17(20)19-13-16-12-15(9-10-18(16)21-19)11-14-7-4-3-5-8-14/h3-5,7-10,12-13H,2,6,11H2,1H3. The third-order valence-corrected chi connectivity index (χ3v) is 3.58. The molecule has 1 aromatic heterocycles. The average molecular weight is 278 g/mol. The zero-order chi connectivity index (χ0) is 14.7. The number of hydrogen-bond donors (Lipinski definition) is 0. The Morgan fingerprint density at radius 2 is 1.81 bits per heavy atom. The molecule has 0 radical (unpaired) electrons. The fraction of sp³-hybridized carbons (Fsp3) is 0.211. The Hall–Kier alpha value is -2.35. The average Bonchev–Trinajstić information content (AvgIpc) is 2.92. The van der Waals surface area contributed by atoms with E-state index in [0.29, 0.717) is 12.2 Å². The predicted octanol–water partition coefficient (Wildman–Crippen LogP) is 5.01. The molecule has 0 atom stereocenters. The van der Waals surface area contributed by atoms with Gasteiger partial charge in [0.25, 0.3) is 0 Å². The molecule has 3 rings (SSSR count). The zero-order valence-corrected chi connectivity index (χ0v) is 12.1. The lowest BCUT2D eigenvalue weighted by molar-refractivity contribution is 0.0957. The lowest BCUT2D eigenvalue weighted by atomic mass is 10.0. The molecule has 0 saturated heterocycles. The van der Waals surface area contributed by atoms with Crippen molar-refractivity contribution >= 4 is 16.8 Å². The third-order valence-electron chi connectivity index (χ3n) is 3.58. The molecule has 0 saturated carbocycles. The van der Waals surface area contributed by atoms with E-state index in [1.807, 2.05) is 37.3 Å². The Balaban J connectivity index is 1.88. The van der Waals surface area contributed by atoms with E-state index in [1.54, 1.807) is 0 Å². The molecule has 106 valence electrons. The van der Waals surface area contributed by atoms with Gasteiger partial charge < -0.3 is 4.42 Å². The number of hydrogen-bond acceptors (Lipinski definition) is 2. The van der Waals surface area contributed by atoms with Gasteiger partial charge in [-0.15, -0.1) is 0 Å². The quantitative estimate of drug-likeness (QED) is 0.614. The normalized spacial score (nSPS) is 10.9. The van der Waals surface area contributed by atoms with Crippen molar-refractivity contribution in [2.24, 2.45) is 0 Å². The largest absolute Gasteiger partial charge is 0.453 e. The van der Waals surface area contributed by atoms with E-state index in [-0.39, 0.29) is 5.78 Å². The van der Waals surface area contributed by atoms with Crippen molar-refractivity contribution in [1.29, 1.82) is 0 Å². The Bertz CT molecular complexity index is 754. The van der Waals surface area contributed by atoms with E-state index in [1.165, 1.54) is 11.1 Å². The van der Waals surface area contributed by atoms with Crippen molar-refractivity contribution in [2.45, 2.75) is 26.2 Å². The highest BCUT2D eigenvalue weighted by molar-refractivity contribution is 5.97. The molecule has 0 spiro atoms. The molecule has 0 fully saturated rings. The second-order valence-electron chi connectivity index (χ2n) is 5.32. The van der Waals surface area contributed by atoms with Gasteiger partial charge in [0.2, 0.25) is 0 Å².